The number of hydrogen-bond donors (Lipinski definition) is 0. The summed E-state index contributed by atoms with van der Waals surface area (Å²) in [5, 5.41) is 0. The lowest BCUT2D eigenvalue weighted by Gasteiger charge is -2.20. The third kappa shape index (κ3) is 3.87. The zero-order chi connectivity index (χ0) is 15.6. The average molecular weight is 409 g/mol. The molecule has 0 aliphatic heterocycles. The van der Waals surface area contributed by atoms with Gasteiger partial charge in [0.15, 0.2) is 0 Å². The Morgan fingerprint density at radius 3 is 2.52 bits per heavy atom. The van der Waals surface area contributed by atoms with Crippen LogP contribution >= 0.6 is 38.9 Å². The Bertz CT molecular complexity index is 743. The van der Waals surface area contributed by atoms with E-state index in [0.717, 1.165) is 14.9 Å². The molecule has 1 aromatic carbocycles. The van der Waals surface area contributed by atoms with Gasteiger partial charge in [-0.15, -0.1) is 11.3 Å². The highest BCUT2D eigenvalue weighted by Crippen LogP contribution is 2.27. The van der Waals surface area contributed by atoms with Crippen LogP contribution in [0.2, 0.25) is 4.34 Å². The predicted octanol–water partition coefficient (Wildman–Crippen LogP) is 4.68. The second-order valence-corrected chi connectivity index (χ2v) is 9.14. The van der Waals surface area contributed by atoms with Crippen molar-refractivity contribution in [2.75, 3.05) is 6.54 Å². The zero-order valence-corrected chi connectivity index (χ0v) is 15.6. The van der Waals surface area contributed by atoms with Crippen LogP contribution < -0.4 is 0 Å². The molecule has 0 saturated carbocycles. The standard InChI is InChI=1S/C14H15BrClNO2S2/c1-3-17(9-11-4-7-14(16)20-11)21(18,19)12-5-6-13(15)10(2)8-12/h4-8H,3,9H2,1-2H3. The molecule has 0 spiro atoms. The summed E-state index contributed by atoms with van der Waals surface area (Å²) in [6, 6.07) is 8.71. The summed E-state index contributed by atoms with van der Waals surface area (Å²) in [4.78, 5) is 1.24. The minimum atomic E-state index is -3.50. The number of sulfonamides is 1. The van der Waals surface area contributed by atoms with Gasteiger partial charge in [0.25, 0.3) is 0 Å². The molecular weight excluding hydrogens is 394 g/mol. The van der Waals surface area contributed by atoms with E-state index in [-0.39, 0.29) is 0 Å². The van der Waals surface area contributed by atoms with E-state index in [0.29, 0.717) is 22.3 Å². The smallest absolute Gasteiger partial charge is 0.207 e. The summed E-state index contributed by atoms with van der Waals surface area (Å²) < 4.78 is 28.5. The van der Waals surface area contributed by atoms with Crippen LogP contribution in [-0.4, -0.2) is 19.3 Å². The Morgan fingerprint density at radius 2 is 2.00 bits per heavy atom. The van der Waals surface area contributed by atoms with E-state index in [2.05, 4.69) is 15.9 Å². The van der Waals surface area contributed by atoms with Crippen molar-refractivity contribution in [3.63, 3.8) is 0 Å². The van der Waals surface area contributed by atoms with E-state index in [1.165, 1.54) is 15.6 Å². The number of nitrogens with zero attached hydrogens (tertiary/aromatic N) is 1. The zero-order valence-electron chi connectivity index (χ0n) is 11.6. The van der Waals surface area contributed by atoms with Gasteiger partial charge in [-0.2, -0.15) is 4.31 Å². The van der Waals surface area contributed by atoms with E-state index in [1.807, 2.05) is 19.9 Å². The molecule has 2 aromatic rings. The van der Waals surface area contributed by atoms with Gasteiger partial charge in [-0.3, -0.25) is 0 Å². The van der Waals surface area contributed by atoms with Crippen molar-refractivity contribution in [1.29, 1.82) is 0 Å². The molecule has 3 nitrogen and oxygen atoms in total. The van der Waals surface area contributed by atoms with Gasteiger partial charge in [0.2, 0.25) is 10.0 Å². The molecule has 1 heterocycles. The van der Waals surface area contributed by atoms with Crippen molar-refractivity contribution in [3.05, 3.63) is 49.6 Å². The van der Waals surface area contributed by atoms with Crippen LogP contribution in [0.5, 0.6) is 0 Å². The Hall–Kier alpha value is -0.400. The second kappa shape index (κ2) is 6.79. The third-order valence-corrected chi connectivity index (χ3v) is 7.10. The molecule has 0 aliphatic carbocycles. The van der Waals surface area contributed by atoms with Crippen LogP contribution in [0.15, 0.2) is 39.7 Å². The van der Waals surface area contributed by atoms with Gasteiger partial charge in [-0.1, -0.05) is 34.5 Å². The lowest BCUT2D eigenvalue weighted by molar-refractivity contribution is 0.426. The molecule has 0 fully saturated rings. The van der Waals surface area contributed by atoms with Gasteiger partial charge in [0, 0.05) is 22.4 Å². The van der Waals surface area contributed by atoms with Crippen LogP contribution in [-0.2, 0) is 16.6 Å². The van der Waals surface area contributed by atoms with Gasteiger partial charge in [0.1, 0.15) is 0 Å². The molecule has 114 valence electrons. The summed E-state index contributed by atoms with van der Waals surface area (Å²) in [5.41, 5.74) is 0.895. The second-order valence-electron chi connectivity index (χ2n) is 4.55. The maximum atomic E-state index is 12.7. The molecule has 0 atom stereocenters. The summed E-state index contributed by atoms with van der Waals surface area (Å²) in [6.45, 7) is 4.45. The maximum Gasteiger partial charge on any atom is 0.243 e. The first-order valence-corrected chi connectivity index (χ1v) is 9.78. The highest BCUT2D eigenvalue weighted by molar-refractivity contribution is 9.10. The SMILES string of the molecule is CCN(Cc1ccc(Cl)s1)S(=O)(=O)c1ccc(Br)c(C)c1. The first-order chi connectivity index (χ1) is 9.84. The van der Waals surface area contributed by atoms with Crippen molar-refractivity contribution in [2.45, 2.75) is 25.3 Å². The van der Waals surface area contributed by atoms with Crippen LogP contribution in [0.4, 0.5) is 0 Å². The van der Waals surface area contributed by atoms with Gasteiger partial charge in [-0.25, -0.2) is 8.42 Å². The van der Waals surface area contributed by atoms with Crippen LogP contribution in [0.1, 0.15) is 17.4 Å². The number of rotatable bonds is 5. The molecular formula is C14H15BrClNO2S2. The van der Waals surface area contributed by atoms with Gasteiger partial charge >= 0.3 is 0 Å². The molecule has 0 unspecified atom stereocenters. The van der Waals surface area contributed by atoms with Crippen LogP contribution in [0.25, 0.3) is 0 Å². The van der Waals surface area contributed by atoms with Crippen molar-refractivity contribution >= 4 is 48.9 Å². The Balaban J connectivity index is 2.32. The molecule has 2 rings (SSSR count). The predicted molar refractivity (Wildman–Crippen MR) is 91.5 cm³/mol. The molecule has 1 aromatic heterocycles. The number of aryl methyl sites for hydroxylation is 1. The van der Waals surface area contributed by atoms with Crippen LogP contribution in [0.3, 0.4) is 0 Å². The van der Waals surface area contributed by atoms with Crippen molar-refractivity contribution in [1.82, 2.24) is 4.31 Å². The minimum Gasteiger partial charge on any atom is -0.207 e. The Labute approximate surface area is 142 Å². The number of hydrogen-bond acceptors (Lipinski definition) is 3. The van der Waals surface area contributed by atoms with E-state index in [1.54, 1.807) is 24.3 Å². The molecule has 7 heteroatoms. The van der Waals surface area contributed by atoms with Gasteiger partial charge < -0.3 is 0 Å². The summed E-state index contributed by atoms with van der Waals surface area (Å²) in [5.74, 6) is 0. The molecule has 0 saturated heterocycles. The topological polar surface area (TPSA) is 37.4 Å². The maximum absolute atomic E-state index is 12.7. The number of benzene rings is 1. The minimum absolute atomic E-state index is 0.313. The lowest BCUT2D eigenvalue weighted by atomic mass is 10.2. The van der Waals surface area contributed by atoms with E-state index in [9.17, 15) is 8.42 Å². The quantitative estimate of drug-likeness (QED) is 0.720. The Kier molecular flexibility index (Phi) is 5.48. The van der Waals surface area contributed by atoms with Crippen LogP contribution in [0, 0.1) is 6.92 Å². The van der Waals surface area contributed by atoms with E-state index < -0.39 is 10.0 Å². The fourth-order valence-corrected chi connectivity index (χ4v) is 4.85. The molecule has 0 radical (unpaired) electrons. The molecule has 0 bridgehead atoms. The van der Waals surface area contributed by atoms with E-state index >= 15 is 0 Å². The van der Waals surface area contributed by atoms with Gasteiger partial charge in [-0.05, 0) is 42.8 Å². The van der Waals surface area contributed by atoms with Crippen molar-refractivity contribution in [2.24, 2.45) is 0 Å². The van der Waals surface area contributed by atoms with Crippen molar-refractivity contribution < 1.29 is 8.42 Å². The van der Waals surface area contributed by atoms with E-state index in [4.69, 9.17) is 11.6 Å². The number of halogens is 2. The van der Waals surface area contributed by atoms with Gasteiger partial charge in [0.05, 0.1) is 9.23 Å². The molecule has 0 amide bonds. The molecule has 0 N–H and O–H groups in total. The largest absolute Gasteiger partial charge is 0.243 e. The first kappa shape index (κ1) is 17.0. The normalized spacial score (nSPS) is 12.0. The fraction of sp³-hybridized carbons (Fsp3) is 0.286. The third-order valence-electron chi connectivity index (χ3n) is 3.08. The monoisotopic (exact) mass is 407 g/mol. The Morgan fingerprint density at radius 1 is 1.29 bits per heavy atom. The van der Waals surface area contributed by atoms with Crippen molar-refractivity contribution in [3.8, 4) is 0 Å². The highest BCUT2D eigenvalue weighted by atomic mass is 79.9. The molecule has 0 aliphatic rings. The highest BCUT2D eigenvalue weighted by Gasteiger charge is 2.24. The fourth-order valence-electron chi connectivity index (χ4n) is 1.90. The summed E-state index contributed by atoms with van der Waals surface area (Å²) >= 11 is 10.7. The molecule has 21 heavy (non-hydrogen) atoms. The summed E-state index contributed by atoms with van der Waals surface area (Å²) in [6.07, 6.45) is 0. The average Bonchev–Trinajstić information content (AvgIpc) is 2.84. The lowest BCUT2D eigenvalue weighted by Crippen LogP contribution is -2.30. The summed E-state index contributed by atoms with van der Waals surface area (Å²) in [7, 11) is -3.50. The number of thiophene rings is 1. The first-order valence-electron chi connectivity index (χ1n) is 6.35.